The van der Waals surface area contributed by atoms with Crippen LogP contribution in [-0.2, 0) is 7.05 Å². The van der Waals surface area contributed by atoms with Crippen LogP contribution in [-0.4, -0.2) is 16.7 Å². The predicted octanol–water partition coefficient (Wildman–Crippen LogP) is 2.86. The summed E-state index contributed by atoms with van der Waals surface area (Å²) in [5.41, 5.74) is 1.07. The minimum absolute atomic E-state index is 0.843. The topological polar surface area (TPSA) is 27.1 Å². The highest BCUT2D eigenvalue weighted by Crippen LogP contribution is 2.22. The van der Waals surface area contributed by atoms with Crippen molar-refractivity contribution < 1.29 is 4.74 Å². The Balaban J connectivity index is 2.41. The fourth-order valence-corrected chi connectivity index (χ4v) is 1.91. The number of rotatable bonds is 2. The van der Waals surface area contributed by atoms with Gasteiger partial charge in [0.25, 0.3) is 0 Å². The number of halogens is 1. The Morgan fingerprint density at radius 3 is 2.40 bits per heavy atom. The minimum atomic E-state index is 0.843. The van der Waals surface area contributed by atoms with E-state index >= 15 is 0 Å². The molecule has 0 atom stereocenters. The number of imidazole rings is 1. The molecule has 0 aliphatic carbocycles. The van der Waals surface area contributed by atoms with Crippen molar-refractivity contribution in [2.75, 3.05) is 7.11 Å². The van der Waals surface area contributed by atoms with E-state index in [1.54, 1.807) is 7.11 Å². The lowest BCUT2D eigenvalue weighted by Gasteiger charge is -2.03. The van der Waals surface area contributed by atoms with Crippen LogP contribution in [0.15, 0.2) is 35.1 Å². The Kier molecular flexibility index (Phi) is 2.77. The predicted molar refractivity (Wildman–Crippen MR) is 62.9 cm³/mol. The van der Waals surface area contributed by atoms with E-state index in [9.17, 15) is 0 Å². The van der Waals surface area contributed by atoms with Crippen LogP contribution in [0.3, 0.4) is 0 Å². The quantitative estimate of drug-likeness (QED) is 0.836. The number of ether oxygens (including phenoxy) is 1. The average Bonchev–Trinajstić information content (AvgIpc) is 2.58. The Morgan fingerprint density at radius 2 is 1.93 bits per heavy atom. The van der Waals surface area contributed by atoms with Crippen LogP contribution < -0.4 is 4.74 Å². The normalized spacial score (nSPS) is 10.3. The largest absolute Gasteiger partial charge is 0.497 e. The van der Waals surface area contributed by atoms with Crippen LogP contribution in [0.1, 0.15) is 0 Å². The van der Waals surface area contributed by atoms with Gasteiger partial charge in [-0.1, -0.05) is 0 Å². The third kappa shape index (κ3) is 2.04. The van der Waals surface area contributed by atoms with E-state index in [4.69, 9.17) is 4.74 Å². The third-order valence-corrected chi connectivity index (χ3v) is 2.58. The standard InChI is InChI=1S/C11H11BrN2O/c1-14-7-10(12)13-11(14)8-3-5-9(15-2)6-4-8/h3-7H,1-2H3. The number of hydrogen-bond donors (Lipinski definition) is 0. The summed E-state index contributed by atoms with van der Waals surface area (Å²) in [5.74, 6) is 1.79. The van der Waals surface area contributed by atoms with Crippen LogP contribution in [0, 0.1) is 0 Å². The first-order chi connectivity index (χ1) is 7.20. The first kappa shape index (κ1) is 10.2. The fourth-order valence-electron chi connectivity index (χ4n) is 1.44. The van der Waals surface area contributed by atoms with E-state index in [2.05, 4.69) is 20.9 Å². The Labute approximate surface area is 96.8 Å². The molecule has 1 heterocycles. The molecule has 0 bridgehead atoms. The van der Waals surface area contributed by atoms with E-state index in [1.165, 1.54) is 0 Å². The third-order valence-electron chi connectivity index (χ3n) is 2.20. The summed E-state index contributed by atoms with van der Waals surface area (Å²) < 4.78 is 7.93. The van der Waals surface area contributed by atoms with Gasteiger partial charge in [0.1, 0.15) is 16.2 Å². The first-order valence-corrected chi connectivity index (χ1v) is 5.33. The molecule has 15 heavy (non-hydrogen) atoms. The second-order valence-corrected chi connectivity index (χ2v) is 4.04. The van der Waals surface area contributed by atoms with Gasteiger partial charge in [-0.3, -0.25) is 0 Å². The van der Waals surface area contributed by atoms with Crippen molar-refractivity contribution in [1.29, 1.82) is 0 Å². The molecule has 4 heteroatoms. The highest BCUT2D eigenvalue weighted by Gasteiger charge is 2.05. The van der Waals surface area contributed by atoms with Crippen molar-refractivity contribution in [2.24, 2.45) is 7.05 Å². The fraction of sp³-hybridized carbons (Fsp3) is 0.182. The summed E-state index contributed by atoms with van der Waals surface area (Å²) in [6.45, 7) is 0. The highest BCUT2D eigenvalue weighted by molar-refractivity contribution is 9.10. The van der Waals surface area contributed by atoms with Gasteiger partial charge in [0, 0.05) is 18.8 Å². The van der Waals surface area contributed by atoms with Crippen molar-refractivity contribution in [3.8, 4) is 17.1 Å². The molecule has 0 unspecified atom stereocenters. The zero-order valence-electron chi connectivity index (χ0n) is 8.57. The van der Waals surface area contributed by atoms with Crippen molar-refractivity contribution in [1.82, 2.24) is 9.55 Å². The number of aryl methyl sites for hydroxylation is 1. The zero-order valence-corrected chi connectivity index (χ0v) is 10.2. The van der Waals surface area contributed by atoms with E-state index in [0.717, 1.165) is 21.7 Å². The average molecular weight is 267 g/mol. The van der Waals surface area contributed by atoms with E-state index in [-0.39, 0.29) is 0 Å². The van der Waals surface area contributed by atoms with Gasteiger partial charge in [0.05, 0.1) is 7.11 Å². The monoisotopic (exact) mass is 266 g/mol. The molecule has 3 nitrogen and oxygen atoms in total. The van der Waals surface area contributed by atoms with Crippen LogP contribution in [0.25, 0.3) is 11.4 Å². The number of hydrogen-bond acceptors (Lipinski definition) is 2. The maximum Gasteiger partial charge on any atom is 0.141 e. The first-order valence-electron chi connectivity index (χ1n) is 4.54. The van der Waals surface area contributed by atoms with Crippen LogP contribution in [0.5, 0.6) is 5.75 Å². The summed E-state index contributed by atoms with van der Waals surface area (Å²) >= 11 is 3.35. The van der Waals surface area contributed by atoms with E-state index < -0.39 is 0 Å². The molecule has 0 aliphatic heterocycles. The van der Waals surface area contributed by atoms with Gasteiger partial charge < -0.3 is 9.30 Å². The molecule has 0 spiro atoms. The summed E-state index contributed by atoms with van der Waals surface area (Å²) in [6.07, 6.45) is 1.93. The Morgan fingerprint density at radius 1 is 1.27 bits per heavy atom. The SMILES string of the molecule is COc1ccc(-c2nc(Br)cn2C)cc1. The van der Waals surface area contributed by atoms with E-state index in [1.807, 2.05) is 42.1 Å². The molecule has 1 aromatic heterocycles. The van der Waals surface area contributed by atoms with Gasteiger partial charge in [-0.05, 0) is 40.2 Å². The van der Waals surface area contributed by atoms with Crippen LogP contribution >= 0.6 is 15.9 Å². The molecule has 0 fully saturated rings. The molecule has 0 saturated heterocycles. The van der Waals surface area contributed by atoms with Crippen molar-refractivity contribution in [3.63, 3.8) is 0 Å². The van der Waals surface area contributed by atoms with Crippen molar-refractivity contribution in [2.45, 2.75) is 0 Å². The molecular formula is C11H11BrN2O. The maximum absolute atomic E-state index is 5.10. The lowest BCUT2D eigenvalue weighted by molar-refractivity contribution is 0.415. The molecule has 0 saturated carbocycles. The van der Waals surface area contributed by atoms with Gasteiger partial charge in [0.15, 0.2) is 0 Å². The van der Waals surface area contributed by atoms with Gasteiger partial charge in [0.2, 0.25) is 0 Å². The maximum atomic E-state index is 5.10. The van der Waals surface area contributed by atoms with Crippen LogP contribution in [0.4, 0.5) is 0 Å². The van der Waals surface area contributed by atoms with Gasteiger partial charge >= 0.3 is 0 Å². The molecule has 0 aliphatic rings. The lowest BCUT2D eigenvalue weighted by atomic mass is 10.2. The Bertz CT molecular complexity index is 462. The number of nitrogens with zero attached hydrogens (tertiary/aromatic N) is 2. The number of benzene rings is 1. The Hall–Kier alpha value is -1.29. The van der Waals surface area contributed by atoms with Crippen molar-refractivity contribution >= 4 is 15.9 Å². The molecule has 0 amide bonds. The summed E-state index contributed by atoms with van der Waals surface area (Å²) in [4.78, 5) is 4.37. The minimum Gasteiger partial charge on any atom is -0.497 e. The van der Waals surface area contributed by atoms with Crippen LogP contribution in [0.2, 0.25) is 0 Å². The van der Waals surface area contributed by atoms with Gasteiger partial charge in [-0.15, -0.1) is 0 Å². The molecule has 78 valence electrons. The number of methoxy groups -OCH3 is 1. The zero-order chi connectivity index (χ0) is 10.8. The second kappa shape index (κ2) is 4.06. The number of aromatic nitrogens is 2. The molecule has 2 aromatic rings. The highest BCUT2D eigenvalue weighted by atomic mass is 79.9. The smallest absolute Gasteiger partial charge is 0.141 e. The summed E-state index contributed by atoms with van der Waals surface area (Å²) in [5, 5.41) is 0. The van der Waals surface area contributed by atoms with E-state index in [0.29, 0.717) is 0 Å². The van der Waals surface area contributed by atoms with Gasteiger partial charge in [-0.2, -0.15) is 0 Å². The molecule has 0 radical (unpaired) electrons. The molecule has 0 N–H and O–H groups in total. The van der Waals surface area contributed by atoms with Gasteiger partial charge in [-0.25, -0.2) is 4.98 Å². The molecule has 1 aromatic carbocycles. The lowest BCUT2D eigenvalue weighted by Crippen LogP contribution is -1.91. The second-order valence-electron chi connectivity index (χ2n) is 3.23. The summed E-state index contributed by atoms with van der Waals surface area (Å²) in [6, 6.07) is 7.84. The molecule has 2 rings (SSSR count). The molecular weight excluding hydrogens is 256 g/mol. The van der Waals surface area contributed by atoms with Crippen molar-refractivity contribution in [3.05, 3.63) is 35.1 Å². The summed E-state index contributed by atoms with van der Waals surface area (Å²) in [7, 11) is 3.63.